The molecule has 0 aliphatic heterocycles. The van der Waals surface area contributed by atoms with E-state index in [1.807, 2.05) is 0 Å². The van der Waals surface area contributed by atoms with Crippen LogP contribution in [0.15, 0.2) is 24.3 Å². The Morgan fingerprint density at radius 1 is 1.38 bits per heavy atom. The van der Waals surface area contributed by atoms with Crippen molar-refractivity contribution in [2.24, 2.45) is 0 Å². The van der Waals surface area contributed by atoms with Crippen LogP contribution in [-0.2, 0) is 4.74 Å². The van der Waals surface area contributed by atoms with Crippen molar-refractivity contribution in [3.05, 3.63) is 36.4 Å². The van der Waals surface area contributed by atoms with E-state index in [1.54, 1.807) is 39.0 Å². The standard InChI is InChI=1S/C12H15O4/c1-12(2,3)16-11(14)15-10-6-4-5-9(7-10)8-13/h4-8,13H,1-3H3. The summed E-state index contributed by atoms with van der Waals surface area (Å²) in [6.07, 6.45) is -0.761. The molecule has 1 aromatic rings. The lowest BCUT2D eigenvalue weighted by Crippen LogP contribution is -2.25. The van der Waals surface area contributed by atoms with Crippen molar-refractivity contribution < 1.29 is 19.4 Å². The van der Waals surface area contributed by atoms with Crippen LogP contribution >= 0.6 is 0 Å². The summed E-state index contributed by atoms with van der Waals surface area (Å²) in [6, 6.07) is 6.49. The predicted molar refractivity (Wildman–Crippen MR) is 58.6 cm³/mol. The van der Waals surface area contributed by atoms with Crippen LogP contribution in [0.2, 0.25) is 0 Å². The highest BCUT2D eigenvalue weighted by Gasteiger charge is 2.17. The van der Waals surface area contributed by atoms with Gasteiger partial charge in [-0.15, -0.1) is 0 Å². The van der Waals surface area contributed by atoms with Crippen molar-refractivity contribution in [3.63, 3.8) is 0 Å². The lowest BCUT2D eigenvalue weighted by molar-refractivity contribution is 0.0206. The molecular weight excluding hydrogens is 208 g/mol. The molecule has 4 nitrogen and oxygen atoms in total. The average Bonchev–Trinajstić information content (AvgIpc) is 2.15. The van der Waals surface area contributed by atoms with Crippen molar-refractivity contribution >= 4 is 6.16 Å². The van der Waals surface area contributed by atoms with Crippen LogP contribution in [0.4, 0.5) is 4.79 Å². The van der Waals surface area contributed by atoms with Gasteiger partial charge in [0.1, 0.15) is 18.0 Å². The number of hydrogen-bond acceptors (Lipinski definition) is 4. The highest BCUT2D eigenvalue weighted by atomic mass is 16.7. The zero-order valence-corrected chi connectivity index (χ0v) is 9.56. The van der Waals surface area contributed by atoms with Gasteiger partial charge in [0, 0.05) is 0 Å². The van der Waals surface area contributed by atoms with E-state index in [-0.39, 0.29) is 0 Å². The molecule has 0 bridgehead atoms. The Labute approximate surface area is 94.8 Å². The van der Waals surface area contributed by atoms with Crippen molar-refractivity contribution in [2.45, 2.75) is 26.4 Å². The van der Waals surface area contributed by atoms with Gasteiger partial charge in [-0.1, -0.05) is 12.1 Å². The monoisotopic (exact) mass is 223 g/mol. The molecule has 0 amide bonds. The molecule has 0 atom stereocenters. The van der Waals surface area contributed by atoms with E-state index in [0.29, 0.717) is 11.3 Å². The van der Waals surface area contributed by atoms with Crippen molar-refractivity contribution in [2.75, 3.05) is 0 Å². The molecular formula is C12H15O4. The van der Waals surface area contributed by atoms with Crippen LogP contribution in [-0.4, -0.2) is 16.9 Å². The normalized spacial score (nSPS) is 11.0. The number of carbonyl (C=O) groups is 1. The van der Waals surface area contributed by atoms with Gasteiger partial charge in [-0.3, -0.25) is 0 Å². The van der Waals surface area contributed by atoms with Crippen molar-refractivity contribution in [1.82, 2.24) is 0 Å². The molecule has 87 valence electrons. The Hall–Kier alpha value is -1.55. The summed E-state index contributed by atoms with van der Waals surface area (Å²) in [4.78, 5) is 11.3. The molecule has 0 fully saturated rings. The largest absolute Gasteiger partial charge is 0.514 e. The van der Waals surface area contributed by atoms with E-state index in [9.17, 15) is 4.79 Å². The second-order valence-electron chi connectivity index (χ2n) is 4.27. The Morgan fingerprint density at radius 2 is 2.06 bits per heavy atom. The van der Waals surface area contributed by atoms with Gasteiger partial charge in [0.25, 0.3) is 0 Å². The maximum atomic E-state index is 11.3. The topological polar surface area (TPSA) is 55.8 Å². The Morgan fingerprint density at radius 3 is 2.62 bits per heavy atom. The van der Waals surface area contributed by atoms with Gasteiger partial charge in [0.2, 0.25) is 0 Å². The fraction of sp³-hybridized carbons (Fsp3) is 0.333. The minimum atomic E-state index is -0.761. The Kier molecular flexibility index (Phi) is 3.90. The molecule has 0 spiro atoms. The highest BCUT2D eigenvalue weighted by Crippen LogP contribution is 2.16. The van der Waals surface area contributed by atoms with E-state index in [0.717, 1.165) is 6.61 Å². The van der Waals surface area contributed by atoms with E-state index in [1.165, 1.54) is 6.07 Å². The van der Waals surface area contributed by atoms with Crippen molar-refractivity contribution in [1.29, 1.82) is 0 Å². The van der Waals surface area contributed by atoms with Crippen LogP contribution in [0.3, 0.4) is 0 Å². The molecule has 0 aliphatic carbocycles. The first-order valence-corrected chi connectivity index (χ1v) is 4.89. The summed E-state index contributed by atoms with van der Waals surface area (Å²) in [5.74, 6) is 0.331. The van der Waals surface area contributed by atoms with Crippen LogP contribution in [0.25, 0.3) is 0 Å². The number of rotatable bonds is 2. The summed E-state index contributed by atoms with van der Waals surface area (Å²) in [7, 11) is 0. The molecule has 1 N–H and O–H groups in total. The molecule has 16 heavy (non-hydrogen) atoms. The molecule has 0 aromatic heterocycles. The molecule has 0 saturated heterocycles. The van der Waals surface area contributed by atoms with Gasteiger partial charge in [0.05, 0.1) is 0 Å². The molecule has 4 heteroatoms. The predicted octanol–water partition coefficient (Wildman–Crippen LogP) is 2.88. The van der Waals surface area contributed by atoms with E-state index in [4.69, 9.17) is 14.6 Å². The van der Waals surface area contributed by atoms with Gasteiger partial charge >= 0.3 is 6.16 Å². The minimum absolute atomic E-state index is 0.331. The molecule has 0 aliphatic rings. The van der Waals surface area contributed by atoms with Gasteiger partial charge in [-0.25, -0.2) is 4.79 Å². The number of aliphatic hydroxyl groups is 1. The summed E-state index contributed by atoms with van der Waals surface area (Å²) in [6.45, 7) is 6.20. The lowest BCUT2D eigenvalue weighted by Gasteiger charge is -2.18. The molecule has 0 heterocycles. The maximum absolute atomic E-state index is 11.3. The van der Waals surface area contributed by atoms with Crippen LogP contribution < -0.4 is 4.74 Å². The van der Waals surface area contributed by atoms with E-state index in [2.05, 4.69) is 0 Å². The molecule has 0 unspecified atom stereocenters. The maximum Gasteiger partial charge on any atom is 0.514 e. The van der Waals surface area contributed by atoms with Crippen LogP contribution in [0, 0.1) is 6.61 Å². The third-order valence-corrected chi connectivity index (χ3v) is 1.60. The number of benzene rings is 1. The second-order valence-corrected chi connectivity index (χ2v) is 4.27. The SMILES string of the molecule is CC(C)(C)OC(=O)Oc1cccc([CH]O)c1. The number of carbonyl (C=O) groups excluding carboxylic acids is 1. The molecule has 0 saturated carbocycles. The first-order valence-electron chi connectivity index (χ1n) is 4.89. The van der Waals surface area contributed by atoms with E-state index < -0.39 is 11.8 Å². The Balaban J connectivity index is 2.62. The fourth-order valence-corrected chi connectivity index (χ4v) is 1.03. The van der Waals surface area contributed by atoms with Crippen molar-refractivity contribution in [3.8, 4) is 5.75 Å². The fourth-order valence-electron chi connectivity index (χ4n) is 1.03. The minimum Gasteiger partial charge on any atom is -0.428 e. The summed E-state index contributed by atoms with van der Waals surface area (Å²) in [5, 5.41) is 8.79. The average molecular weight is 223 g/mol. The van der Waals surface area contributed by atoms with Gasteiger partial charge in [0.15, 0.2) is 0 Å². The summed E-state index contributed by atoms with van der Waals surface area (Å²) in [5.41, 5.74) is -0.0290. The summed E-state index contributed by atoms with van der Waals surface area (Å²) < 4.78 is 9.92. The first kappa shape index (κ1) is 12.5. The number of ether oxygens (including phenoxy) is 2. The second kappa shape index (κ2) is 4.99. The number of aliphatic hydroxyl groups excluding tert-OH is 1. The smallest absolute Gasteiger partial charge is 0.428 e. The Bertz CT molecular complexity index is 366. The molecule has 1 rings (SSSR count). The molecule has 1 radical (unpaired) electrons. The zero-order chi connectivity index (χ0) is 12.2. The van der Waals surface area contributed by atoms with Crippen LogP contribution in [0.5, 0.6) is 5.75 Å². The van der Waals surface area contributed by atoms with Crippen LogP contribution in [0.1, 0.15) is 26.3 Å². The molecule has 1 aromatic carbocycles. The highest BCUT2D eigenvalue weighted by molar-refractivity contribution is 5.64. The zero-order valence-electron chi connectivity index (χ0n) is 9.56. The lowest BCUT2D eigenvalue weighted by atomic mass is 10.2. The third kappa shape index (κ3) is 4.31. The summed E-state index contributed by atoms with van der Waals surface area (Å²) >= 11 is 0. The number of hydrogen-bond donors (Lipinski definition) is 1. The quantitative estimate of drug-likeness (QED) is 0.618. The van der Waals surface area contributed by atoms with Gasteiger partial charge in [-0.2, -0.15) is 0 Å². The van der Waals surface area contributed by atoms with E-state index >= 15 is 0 Å². The third-order valence-electron chi connectivity index (χ3n) is 1.60. The van der Waals surface area contributed by atoms with Gasteiger partial charge < -0.3 is 14.6 Å². The first-order chi connectivity index (χ1) is 7.40. The van der Waals surface area contributed by atoms with Gasteiger partial charge in [-0.05, 0) is 38.5 Å².